The standard InChI is InChI=1S/C27H38F3NO3Si/c1-7-20-9-8-10-25(27(28,29)30)24(20)19-33-22-13-11-21(12-14-22)31-15-16-32-23(17-31)18-34-35(5,6)26(2,3)4/h8-14,23H,7,15-19H2,1-6H3. The SMILES string of the molecule is CCc1cccc(C(F)(F)F)c1COc1ccc(N2CCOC(CO[Si](C)(C)C(C)(C)C)C2)cc1. The Labute approximate surface area is 208 Å². The maximum Gasteiger partial charge on any atom is 0.416 e. The molecule has 0 aromatic heterocycles. The summed E-state index contributed by atoms with van der Waals surface area (Å²) in [6.07, 6.45) is -3.89. The summed E-state index contributed by atoms with van der Waals surface area (Å²) in [5, 5.41) is 0.149. The van der Waals surface area contributed by atoms with Gasteiger partial charge in [0.1, 0.15) is 12.4 Å². The molecule has 0 radical (unpaired) electrons. The minimum Gasteiger partial charge on any atom is -0.489 e. The van der Waals surface area contributed by atoms with Gasteiger partial charge < -0.3 is 18.8 Å². The fourth-order valence-corrected chi connectivity index (χ4v) is 4.92. The van der Waals surface area contributed by atoms with Crippen LogP contribution < -0.4 is 9.64 Å². The molecule has 0 saturated carbocycles. The molecule has 1 fully saturated rings. The highest BCUT2D eigenvalue weighted by Crippen LogP contribution is 2.37. The van der Waals surface area contributed by atoms with Crippen molar-refractivity contribution in [3.63, 3.8) is 0 Å². The molecule has 35 heavy (non-hydrogen) atoms. The first-order valence-corrected chi connectivity index (χ1v) is 15.1. The van der Waals surface area contributed by atoms with Crippen molar-refractivity contribution in [1.82, 2.24) is 0 Å². The van der Waals surface area contributed by atoms with Crippen LogP contribution in [0.2, 0.25) is 18.1 Å². The third kappa shape index (κ3) is 7.02. The molecule has 1 aliphatic heterocycles. The van der Waals surface area contributed by atoms with Crippen LogP contribution in [0.4, 0.5) is 18.9 Å². The van der Waals surface area contributed by atoms with E-state index in [1.807, 2.05) is 31.2 Å². The van der Waals surface area contributed by atoms with E-state index in [9.17, 15) is 13.2 Å². The van der Waals surface area contributed by atoms with Crippen LogP contribution in [0.25, 0.3) is 0 Å². The zero-order valence-corrected chi connectivity index (χ0v) is 22.7. The van der Waals surface area contributed by atoms with E-state index in [2.05, 4.69) is 38.8 Å². The Morgan fingerprint density at radius 3 is 2.34 bits per heavy atom. The molecule has 1 aliphatic rings. The lowest BCUT2D eigenvalue weighted by atomic mass is 9.99. The number of rotatable bonds is 8. The second-order valence-corrected chi connectivity index (χ2v) is 15.4. The van der Waals surface area contributed by atoms with Crippen LogP contribution >= 0.6 is 0 Å². The molecule has 0 N–H and O–H groups in total. The number of halogens is 3. The third-order valence-corrected chi connectivity index (χ3v) is 11.6. The number of morpholine rings is 1. The van der Waals surface area contributed by atoms with Crippen molar-refractivity contribution in [2.75, 3.05) is 31.2 Å². The summed E-state index contributed by atoms with van der Waals surface area (Å²) in [6, 6.07) is 11.8. The van der Waals surface area contributed by atoms with Gasteiger partial charge in [0.2, 0.25) is 0 Å². The maximum atomic E-state index is 13.5. The zero-order chi connectivity index (χ0) is 25.9. The Hall–Kier alpha value is -2.03. The van der Waals surface area contributed by atoms with Gasteiger partial charge in [-0.3, -0.25) is 0 Å². The van der Waals surface area contributed by atoms with Gasteiger partial charge in [0.05, 0.1) is 24.9 Å². The van der Waals surface area contributed by atoms with Gasteiger partial charge in [-0.1, -0.05) is 39.8 Å². The van der Waals surface area contributed by atoms with Gasteiger partial charge in [0.15, 0.2) is 8.32 Å². The summed E-state index contributed by atoms with van der Waals surface area (Å²) in [7, 11) is -1.84. The lowest BCUT2D eigenvalue weighted by Gasteiger charge is -2.39. The Morgan fingerprint density at radius 1 is 1.06 bits per heavy atom. The summed E-state index contributed by atoms with van der Waals surface area (Å²) in [6.45, 7) is 15.6. The number of anilines is 1. The lowest BCUT2D eigenvalue weighted by molar-refractivity contribution is -0.138. The number of benzene rings is 2. The van der Waals surface area contributed by atoms with Gasteiger partial charge in [-0.05, 0) is 60.4 Å². The number of hydrogen-bond donors (Lipinski definition) is 0. The van der Waals surface area contributed by atoms with Crippen molar-refractivity contribution in [3.05, 3.63) is 59.2 Å². The van der Waals surface area contributed by atoms with Gasteiger partial charge in [-0.2, -0.15) is 13.2 Å². The molecule has 1 saturated heterocycles. The second kappa shape index (κ2) is 10.9. The van der Waals surface area contributed by atoms with Crippen molar-refractivity contribution >= 4 is 14.0 Å². The van der Waals surface area contributed by atoms with Gasteiger partial charge in [0.25, 0.3) is 0 Å². The largest absolute Gasteiger partial charge is 0.489 e. The number of ether oxygens (including phenoxy) is 2. The van der Waals surface area contributed by atoms with Crippen molar-refractivity contribution in [1.29, 1.82) is 0 Å². The first-order valence-electron chi connectivity index (χ1n) is 12.2. The Morgan fingerprint density at radius 2 is 1.74 bits per heavy atom. The number of alkyl halides is 3. The van der Waals surface area contributed by atoms with Crippen molar-refractivity contribution < 1.29 is 27.1 Å². The van der Waals surface area contributed by atoms with E-state index in [-0.39, 0.29) is 23.3 Å². The third-order valence-electron chi connectivity index (χ3n) is 7.12. The Bertz CT molecular complexity index is 971. The highest BCUT2D eigenvalue weighted by Gasteiger charge is 2.38. The van der Waals surface area contributed by atoms with Crippen molar-refractivity contribution in [2.45, 2.75) is 71.1 Å². The average molecular weight is 510 g/mol. The smallest absolute Gasteiger partial charge is 0.416 e. The zero-order valence-electron chi connectivity index (χ0n) is 21.7. The second-order valence-electron chi connectivity index (χ2n) is 10.6. The number of hydrogen-bond acceptors (Lipinski definition) is 4. The number of aryl methyl sites for hydroxylation is 1. The minimum atomic E-state index is -4.41. The molecular weight excluding hydrogens is 471 g/mol. The van der Waals surface area contributed by atoms with Crippen LogP contribution in [0.5, 0.6) is 5.75 Å². The van der Waals surface area contributed by atoms with Gasteiger partial charge >= 0.3 is 6.18 Å². The summed E-state index contributed by atoms with van der Waals surface area (Å²) in [4.78, 5) is 2.25. The summed E-state index contributed by atoms with van der Waals surface area (Å²) >= 11 is 0. The molecule has 4 nitrogen and oxygen atoms in total. The molecule has 0 bridgehead atoms. The lowest BCUT2D eigenvalue weighted by Crippen LogP contribution is -2.48. The molecule has 1 heterocycles. The predicted octanol–water partition coefficient (Wildman–Crippen LogP) is 7.07. The monoisotopic (exact) mass is 509 g/mol. The van der Waals surface area contributed by atoms with Gasteiger partial charge in [0, 0.05) is 24.3 Å². The fourth-order valence-electron chi connectivity index (χ4n) is 3.88. The minimum absolute atomic E-state index is 0.000126. The van der Waals surface area contributed by atoms with Gasteiger partial charge in [-0.25, -0.2) is 0 Å². The fraction of sp³-hybridized carbons (Fsp3) is 0.556. The van der Waals surface area contributed by atoms with E-state index < -0.39 is 20.1 Å². The molecule has 2 aromatic carbocycles. The molecule has 0 amide bonds. The normalized spacial score (nSPS) is 17.5. The van der Waals surface area contributed by atoms with E-state index in [0.717, 1.165) is 24.8 Å². The summed E-state index contributed by atoms with van der Waals surface area (Å²) in [5.41, 5.74) is 1.25. The van der Waals surface area contributed by atoms with E-state index in [1.165, 1.54) is 6.07 Å². The highest BCUT2D eigenvalue weighted by atomic mass is 28.4. The highest BCUT2D eigenvalue weighted by molar-refractivity contribution is 6.74. The van der Waals surface area contributed by atoms with Crippen molar-refractivity contribution in [3.8, 4) is 5.75 Å². The molecule has 2 aromatic rings. The number of nitrogens with zero attached hydrogens (tertiary/aromatic N) is 1. The van der Waals surface area contributed by atoms with E-state index in [1.54, 1.807) is 6.07 Å². The first-order chi connectivity index (χ1) is 16.3. The first kappa shape index (κ1) is 27.6. The molecule has 8 heteroatoms. The molecule has 194 valence electrons. The average Bonchev–Trinajstić information content (AvgIpc) is 2.80. The van der Waals surface area contributed by atoms with E-state index in [4.69, 9.17) is 13.9 Å². The summed E-state index contributed by atoms with van der Waals surface area (Å²) < 4.78 is 58.5. The quantitative estimate of drug-likeness (QED) is 0.356. The molecule has 0 spiro atoms. The molecule has 1 atom stereocenters. The van der Waals surface area contributed by atoms with E-state index in [0.29, 0.717) is 30.9 Å². The molecule has 1 unspecified atom stereocenters. The van der Waals surface area contributed by atoms with Gasteiger partial charge in [-0.15, -0.1) is 0 Å². The predicted molar refractivity (Wildman–Crippen MR) is 137 cm³/mol. The Kier molecular flexibility index (Phi) is 8.60. The topological polar surface area (TPSA) is 30.9 Å². The van der Waals surface area contributed by atoms with Crippen LogP contribution in [0.1, 0.15) is 44.4 Å². The maximum absolute atomic E-state index is 13.5. The molecule has 0 aliphatic carbocycles. The van der Waals surface area contributed by atoms with Crippen LogP contribution in [0.15, 0.2) is 42.5 Å². The summed E-state index contributed by atoms with van der Waals surface area (Å²) in [5.74, 6) is 0.541. The van der Waals surface area contributed by atoms with Crippen LogP contribution in [0.3, 0.4) is 0 Å². The van der Waals surface area contributed by atoms with Crippen LogP contribution in [-0.4, -0.2) is 40.7 Å². The Balaban J connectivity index is 1.62. The van der Waals surface area contributed by atoms with E-state index >= 15 is 0 Å². The molecular formula is C27H38F3NO3Si. The van der Waals surface area contributed by atoms with Crippen molar-refractivity contribution in [2.24, 2.45) is 0 Å². The van der Waals surface area contributed by atoms with Crippen LogP contribution in [0, 0.1) is 0 Å². The van der Waals surface area contributed by atoms with Crippen LogP contribution in [-0.2, 0) is 28.4 Å². The molecule has 3 rings (SSSR count).